The van der Waals surface area contributed by atoms with Crippen molar-refractivity contribution in [3.63, 3.8) is 0 Å². The third-order valence-corrected chi connectivity index (χ3v) is 5.76. The third-order valence-electron chi connectivity index (χ3n) is 3.76. The van der Waals surface area contributed by atoms with E-state index in [-0.39, 0.29) is 16.6 Å². The van der Waals surface area contributed by atoms with Gasteiger partial charge in [-0.25, -0.2) is 4.98 Å². The van der Waals surface area contributed by atoms with Crippen LogP contribution in [0, 0.1) is 0 Å². The number of aromatic nitrogens is 1. The number of anilines is 1. The Kier molecular flexibility index (Phi) is 8.25. The average molecular weight is 438 g/mol. The van der Waals surface area contributed by atoms with Gasteiger partial charge in [-0.05, 0) is 30.9 Å². The zero-order chi connectivity index (χ0) is 18.9. The van der Waals surface area contributed by atoms with Crippen LogP contribution in [-0.4, -0.2) is 28.2 Å². The maximum atomic E-state index is 12.1. The van der Waals surface area contributed by atoms with Crippen LogP contribution in [-0.2, 0) is 4.79 Å². The summed E-state index contributed by atoms with van der Waals surface area (Å²) >= 11 is 5.06. The van der Waals surface area contributed by atoms with Crippen LogP contribution >= 0.6 is 27.3 Å². The van der Waals surface area contributed by atoms with Crippen molar-refractivity contribution in [1.29, 1.82) is 0 Å². The predicted molar refractivity (Wildman–Crippen MR) is 110 cm³/mol. The van der Waals surface area contributed by atoms with Crippen LogP contribution in [0.1, 0.15) is 54.3 Å². The molecular formula is C19H24BrN3O2S. The summed E-state index contributed by atoms with van der Waals surface area (Å²) < 4.78 is 0. The van der Waals surface area contributed by atoms with E-state index in [2.05, 4.69) is 45.4 Å². The van der Waals surface area contributed by atoms with Crippen molar-refractivity contribution in [3.8, 4) is 0 Å². The van der Waals surface area contributed by atoms with E-state index >= 15 is 0 Å². The summed E-state index contributed by atoms with van der Waals surface area (Å²) in [6.07, 6.45) is 3.79. The summed E-state index contributed by atoms with van der Waals surface area (Å²) in [5.41, 5.74) is 0.659. The van der Waals surface area contributed by atoms with Gasteiger partial charge in [0.1, 0.15) is 0 Å². The minimum absolute atomic E-state index is 0.0511. The van der Waals surface area contributed by atoms with Crippen molar-refractivity contribution in [2.45, 2.75) is 43.9 Å². The van der Waals surface area contributed by atoms with E-state index < -0.39 is 0 Å². The molecule has 2 rings (SSSR count). The quantitative estimate of drug-likeness (QED) is 0.445. The molecule has 0 spiro atoms. The number of rotatable bonds is 9. The summed E-state index contributed by atoms with van der Waals surface area (Å²) in [5.74, 6) is 0.289. The maximum absolute atomic E-state index is 12.1. The Balaban J connectivity index is 1.64. The zero-order valence-corrected chi connectivity index (χ0v) is 17.4. The average Bonchev–Trinajstić information content (AvgIpc) is 3.08. The SMILES string of the molecule is CC(C)c1cnc(NC(=O)CC(Br)CCCNC(=O)c2ccccc2)s1. The summed E-state index contributed by atoms with van der Waals surface area (Å²) in [6.45, 7) is 4.79. The van der Waals surface area contributed by atoms with Crippen LogP contribution in [0.15, 0.2) is 36.5 Å². The summed E-state index contributed by atoms with van der Waals surface area (Å²) in [6, 6.07) is 9.14. The van der Waals surface area contributed by atoms with Crippen molar-refractivity contribution in [2.75, 3.05) is 11.9 Å². The van der Waals surface area contributed by atoms with Crippen LogP contribution in [0.2, 0.25) is 0 Å². The molecule has 1 heterocycles. The Morgan fingerprint density at radius 3 is 2.62 bits per heavy atom. The molecule has 0 aliphatic carbocycles. The first-order valence-electron chi connectivity index (χ1n) is 8.68. The molecule has 2 amide bonds. The molecule has 1 unspecified atom stereocenters. The lowest BCUT2D eigenvalue weighted by Crippen LogP contribution is -2.25. The second-order valence-corrected chi connectivity index (χ2v) is 8.69. The molecule has 1 aromatic carbocycles. The fourth-order valence-electron chi connectivity index (χ4n) is 2.30. The molecule has 26 heavy (non-hydrogen) atoms. The van der Waals surface area contributed by atoms with Gasteiger partial charge in [0.25, 0.3) is 5.91 Å². The number of nitrogens with zero attached hydrogens (tertiary/aromatic N) is 1. The van der Waals surface area contributed by atoms with E-state index in [1.54, 1.807) is 12.1 Å². The van der Waals surface area contributed by atoms with E-state index in [4.69, 9.17) is 0 Å². The molecule has 1 aromatic heterocycles. The van der Waals surface area contributed by atoms with Crippen LogP contribution in [0.25, 0.3) is 0 Å². The first-order chi connectivity index (χ1) is 12.5. The van der Waals surface area contributed by atoms with Gasteiger partial charge >= 0.3 is 0 Å². The number of amides is 2. The number of alkyl halides is 1. The monoisotopic (exact) mass is 437 g/mol. The molecule has 0 saturated carbocycles. The first kappa shape index (κ1) is 20.6. The van der Waals surface area contributed by atoms with Crippen LogP contribution in [0.3, 0.4) is 0 Å². The highest BCUT2D eigenvalue weighted by atomic mass is 79.9. The van der Waals surface area contributed by atoms with Gasteiger partial charge in [0.2, 0.25) is 5.91 Å². The Bertz CT molecular complexity index is 719. The van der Waals surface area contributed by atoms with E-state index in [0.717, 1.165) is 17.7 Å². The fraction of sp³-hybridized carbons (Fsp3) is 0.421. The zero-order valence-electron chi connectivity index (χ0n) is 15.0. The molecule has 2 aromatic rings. The number of benzene rings is 1. The largest absolute Gasteiger partial charge is 0.352 e. The van der Waals surface area contributed by atoms with Crippen LogP contribution in [0.5, 0.6) is 0 Å². The second kappa shape index (κ2) is 10.4. The van der Waals surface area contributed by atoms with Gasteiger partial charge in [0, 0.05) is 34.4 Å². The van der Waals surface area contributed by atoms with Crippen molar-refractivity contribution < 1.29 is 9.59 Å². The second-order valence-electron chi connectivity index (χ2n) is 6.34. The van der Waals surface area contributed by atoms with Gasteiger partial charge in [-0.1, -0.05) is 48.0 Å². The molecule has 5 nitrogen and oxygen atoms in total. The number of hydrogen-bond acceptors (Lipinski definition) is 4. The van der Waals surface area contributed by atoms with E-state index in [9.17, 15) is 9.59 Å². The number of nitrogens with one attached hydrogen (secondary N) is 2. The van der Waals surface area contributed by atoms with Crippen molar-refractivity contribution >= 4 is 44.2 Å². The molecular weight excluding hydrogens is 414 g/mol. The maximum Gasteiger partial charge on any atom is 0.251 e. The van der Waals surface area contributed by atoms with E-state index in [0.29, 0.717) is 29.6 Å². The molecule has 1 atom stereocenters. The van der Waals surface area contributed by atoms with E-state index in [1.165, 1.54) is 11.3 Å². The molecule has 2 N–H and O–H groups in total. The van der Waals surface area contributed by atoms with Gasteiger partial charge < -0.3 is 10.6 Å². The topological polar surface area (TPSA) is 71.1 Å². The number of hydrogen-bond donors (Lipinski definition) is 2. The van der Waals surface area contributed by atoms with Gasteiger partial charge in [-0.15, -0.1) is 11.3 Å². The van der Waals surface area contributed by atoms with E-state index in [1.807, 2.05) is 24.4 Å². The summed E-state index contributed by atoms with van der Waals surface area (Å²) in [7, 11) is 0. The number of carbonyl (C=O) groups is 2. The fourth-order valence-corrected chi connectivity index (χ4v) is 3.75. The Morgan fingerprint density at radius 2 is 1.96 bits per heavy atom. The lowest BCUT2D eigenvalue weighted by Gasteiger charge is -2.10. The normalized spacial score (nSPS) is 12.0. The van der Waals surface area contributed by atoms with Crippen LogP contribution < -0.4 is 10.6 Å². The standard InChI is InChI=1S/C19H24BrN3O2S/c1-13(2)16-12-22-19(26-16)23-17(24)11-15(20)9-6-10-21-18(25)14-7-4-3-5-8-14/h3-5,7-8,12-13,15H,6,9-11H2,1-2H3,(H,21,25)(H,22,23,24). The number of thiazole rings is 1. The highest BCUT2D eigenvalue weighted by Crippen LogP contribution is 2.25. The molecule has 0 aliphatic heterocycles. The third kappa shape index (κ3) is 6.88. The Hall–Kier alpha value is -1.73. The summed E-state index contributed by atoms with van der Waals surface area (Å²) in [5, 5.41) is 6.39. The minimum Gasteiger partial charge on any atom is -0.352 e. The van der Waals surface area contributed by atoms with Gasteiger partial charge in [0.05, 0.1) is 0 Å². The molecule has 0 aliphatic rings. The summed E-state index contributed by atoms with van der Waals surface area (Å²) in [4.78, 5) is 29.5. The smallest absolute Gasteiger partial charge is 0.251 e. The number of carbonyl (C=O) groups excluding carboxylic acids is 2. The van der Waals surface area contributed by atoms with Crippen molar-refractivity contribution in [2.24, 2.45) is 0 Å². The highest BCUT2D eigenvalue weighted by molar-refractivity contribution is 9.09. The van der Waals surface area contributed by atoms with Gasteiger partial charge in [-0.3, -0.25) is 9.59 Å². The minimum atomic E-state index is -0.0702. The van der Waals surface area contributed by atoms with Crippen molar-refractivity contribution in [1.82, 2.24) is 10.3 Å². The lowest BCUT2D eigenvalue weighted by atomic mass is 10.1. The molecule has 140 valence electrons. The van der Waals surface area contributed by atoms with Gasteiger partial charge in [0.15, 0.2) is 5.13 Å². The Labute approximate surface area is 166 Å². The molecule has 7 heteroatoms. The first-order valence-corrected chi connectivity index (χ1v) is 10.4. The van der Waals surface area contributed by atoms with Crippen molar-refractivity contribution in [3.05, 3.63) is 47.0 Å². The molecule has 0 saturated heterocycles. The predicted octanol–water partition coefficient (Wildman–Crippen LogP) is 4.57. The molecule has 0 radical (unpaired) electrons. The lowest BCUT2D eigenvalue weighted by molar-refractivity contribution is -0.116. The van der Waals surface area contributed by atoms with Gasteiger partial charge in [-0.2, -0.15) is 0 Å². The Morgan fingerprint density at radius 1 is 1.23 bits per heavy atom. The molecule has 0 bridgehead atoms. The number of halogens is 1. The molecule has 0 fully saturated rings. The van der Waals surface area contributed by atoms with Crippen LogP contribution in [0.4, 0.5) is 5.13 Å². The highest BCUT2D eigenvalue weighted by Gasteiger charge is 2.13.